The minimum absolute atomic E-state index is 0.0873. The lowest BCUT2D eigenvalue weighted by molar-refractivity contribution is -0.137. The van der Waals surface area contributed by atoms with E-state index < -0.39 is 17.6 Å². The summed E-state index contributed by atoms with van der Waals surface area (Å²) in [4.78, 5) is 12.1. The fourth-order valence-electron chi connectivity index (χ4n) is 1.82. The average molecular weight is 391 g/mol. The molecule has 1 amide bonds. The number of aromatic nitrogens is 3. The Morgan fingerprint density at radius 3 is 2.77 bits per heavy atom. The number of thioether (sulfide) groups is 1. The number of nitrogens with two attached hydrogens (primary N) is 1. The number of amides is 1. The van der Waals surface area contributed by atoms with Crippen molar-refractivity contribution in [3.05, 3.63) is 30.1 Å². The number of alkyl halides is 3. The van der Waals surface area contributed by atoms with Crippen LogP contribution in [-0.4, -0.2) is 46.9 Å². The van der Waals surface area contributed by atoms with Crippen LogP contribution in [0.15, 0.2) is 29.7 Å². The van der Waals surface area contributed by atoms with Crippen LogP contribution >= 0.6 is 11.8 Å². The number of hydrogen-bond acceptors (Lipinski definition) is 7. The summed E-state index contributed by atoms with van der Waals surface area (Å²) in [6, 6.07) is 2.84. The minimum Gasteiger partial charge on any atom is -0.489 e. The van der Waals surface area contributed by atoms with Gasteiger partial charge in [-0.15, -0.1) is 10.2 Å². The smallest absolute Gasteiger partial charge is 0.416 e. The molecule has 12 heteroatoms. The van der Waals surface area contributed by atoms with Crippen LogP contribution in [0.2, 0.25) is 0 Å². The third-order valence-corrected chi connectivity index (χ3v) is 3.96. The van der Waals surface area contributed by atoms with Crippen molar-refractivity contribution in [2.75, 3.05) is 37.2 Å². The van der Waals surface area contributed by atoms with Crippen molar-refractivity contribution < 1.29 is 27.4 Å². The molecule has 2 aromatic rings. The first-order valence-corrected chi connectivity index (χ1v) is 8.20. The van der Waals surface area contributed by atoms with Gasteiger partial charge in [0.2, 0.25) is 11.1 Å². The molecule has 0 atom stereocenters. The molecule has 1 aromatic carbocycles. The number of nitrogens with one attached hydrogen (secondary N) is 1. The molecule has 0 bridgehead atoms. The van der Waals surface area contributed by atoms with Gasteiger partial charge in [0.25, 0.3) is 0 Å². The Balaban J connectivity index is 2.10. The van der Waals surface area contributed by atoms with E-state index in [2.05, 4.69) is 15.5 Å². The van der Waals surface area contributed by atoms with E-state index in [1.54, 1.807) is 0 Å². The average Bonchev–Trinajstić information content (AvgIpc) is 2.98. The van der Waals surface area contributed by atoms with Crippen molar-refractivity contribution in [2.45, 2.75) is 11.3 Å². The predicted octanol–water partition coefficient (Wildman–Crippen LogP) is 1.77. The van der Waals surface area contributed by atoms with E-state index in [-0.39, 0.29) is 30.4 Å². The largest absolute Gasteiger partial charge is 0.489 e. The minimum atomic E-state index is -4.55. The van der Waals surface area contributed by atoms with E-state index >= 15 is 0 Å². The van der Waals surface area contributed by atoms with Gasteiger partial charge in [0.05, 0.1) is 23.6 Å². The van der Waals surface area contributed by atoms with Gasteiger partial charge in [-0.05, 0) is 18.2 Å². The molecule has 3 N–H and O–H groups in total. The molecule has 0 saturated heterocycles. The lowest BCUT2D eigenvalue weighted by Crippen LogP contribution is -2.17. The van der Waals surface area contributed by atoms with Crippen LogP contribution in [0.25, 0.3) is 0 Å². The molecule has 0 fully saturated rings. The first-order valence-electron chi connectivity index (χ1n) is 7.22. The molecule has 1 aromatic heterocycles. The fraction of sp³-hybridized carbons (Fsp3) is 0.357. The van der Waals surface area contributed by atoms with Crippen LogP contribution < -0.4 is 15.9 Å². The summed E-state index contributed by atoms with van der Waals surface area (Å²) in [5.41, 5.74) is -0.989. The fourth-order valence-corrected chi connectivity index (χ4v) is 2.45. The Labute approximate surface area is 150 Å². The highest BCUT2D eigenvalue weighted by Gasteiger charge is 2.31. The van der Waals surface area contributed by atoms with E-state index in [1.165, 1.54) is 13.4 Å². The van der Waals surface area contributed by atoms with Crippen LogP contribution in [0.3, 0.4) is 0 Å². The molecule has 0 aliphatic carbocycles. The lowest BCUT2D eigenvalue weighted by Gasteiger charge is -2.15. The number of carbonyl (C=O) groups is 1. The maximum atomic E-state index is 12.9. The first-order chi connectivity index (χ1) is 12.3. The van der Waals surface area contributed by atoms with Crippen LogP contribution in [0.5, 0.6) is 5.75 Å². The van der Waals surface area contributed by atoms with Crippen LogP contribution in [0.4, 0.5) is 18.9 Å². The monoisotopic (exact) mass is 391 g/mol. The SMILES string of the molecule is COCCOc1ccc(C(F)(F)F)cc1NC(=O)CSc1nncn1N. The van der Waals surface area contributed by atoms with Crippen molar-refractivity contribution in [1.29, 1.82) is 0 Å². The first kappa shape index (κ1) is 19.8. The van der Waals surface area contributed by atoms with Gasteiger partial charge in [-0.1, -0.05) is 11.8 Å². The summed E-state index contributed by atoms with van der Waals surface area (Å²) in [5.74, 6) is 4.96. The van der Waals surface area contributed by atoms with Gasteiger partial charge in [0.1, 0.15) is 18.7 Å². The van der Waals surface area contributed by atoms with Gasteiger partial charge >= 0.3 is 6.18 Å². The number of benzene rings is 1. The third-order valence-electron chi connectivity index (χ3n) is 3.00. The second kappa shape index (κ2) is 8.76. The topological polar surface area (TPSA) is 104 Å². The molecule has 0 aliphatic rings. The van der Waals surface area contributed by atoms with Gasteiger partial charge < -0.3 is 20.6 Å². The normalized spacial score (nSPS) is 11.4. The molecule has 0 radical (unpaired) electrons. The number of anilines is 1. The third kappa shape index (κ3) is 5.52. The Bertz CT molecular complexity index is 754. The van der Waals surface area contributed by atoms with E-state index in [4.69, 9.17) is 15.3 Å². The van der Waals surface area contributed by atoms with Gasteiger partial charge in [-0.3, -0.25) is 4.79 Å². The number of rotatable bonds is 8. The Morgan fingerprint density at radius 2 is 2.15 bits per heavy atom. The number of nitrogens with zero attached hydrogens (tertiary/aromatic N) is 3. The number of carbonyl (C=O) groups excluding carboxylic acids is 1. The maximum Gasteiger partial charge on any atom is 0.416 e. The van der Waals surface area contributed by atoms with Crippen molar-refractivity contribution in [3.63, 3.8) is 0 Å². The van der Waals surface area contributed by atoms with E-state index in [1.807, 2.05) is 0 Å². The van der Waals surface area contributed by atoms with Crippen molar-refractivity contribution >= 4 is 23.4 Å². The summed E-state index contributed by atoms with van der Waals surface area (Å²) in [6.07, 6.45) is -3.29. The zero-order chi connectivity index (χ0) is 19.2. The molecule has 0 saturated carbocycles. The molecular formula is C14H16F3N5O3S. The Morgan fingerprint density at radius 1 is 1.38 bits per heavy atom. The molecule has 0 aliphatic heterocycles. The van der Waals surface area contributed by atoms with Crippen LogP contribution in [-0.2, 0) is 15.7 Å². The highest BCUT2D eigenvalue weighted by molar-refractivity contribution is 7.99. The number of nitrogen functional groups attached to an aromatic ring is 1. The second-order valence-electron chi connectivity index (χ2n) is 4.91. The highest BCUT2D eigenvalue weighted by Crippen LogP contribution is 2.35. The lowest BCUT2D eigenvalue weighted by atomic mass is 10.1. The summed E-state index contributed by atoms with van der Waals surface area (Å²) in [5, 5.41) is 9.95. The molecule has 1 heterocycles. The van der Waals surface area contributed by atoms with E-state index in [0.29, 0.717) is 5.16 Å². The summed E-state index contributed by atoms with van der Waals surface area (Å²) in [7, 11) is 1.46. The zero-order valence-corrected chi connectivity index (χ0v) is 14.4. The number of methoxy groups -OCH3 is 1. The summed E-state index contributed by atoms with van der Waals surface area (Å²) < 4.78 is 50.1. The van der Waals surface area contributed by atoms with E-state index in [0.717, 1.165) is 34.6 Å². The van der Waals surface area contributed by atoms with Gasteiger partial charge in [0, 0.05) is 7.11 Å². The number of hydrogen-bond donors (Lipinski definition) is 2. The highest BCUT2D eigenvalue weighted by atomic mass is 32.2. The zero-order valence-electron chi connectivity index (χ0n) is 13.6. The molecule has 2 rings (SSSR count). The summed E-state index contributed by atoms with van der Waals surface area (Å²) in [6.45, 7) is 0.367. The Hall–Kier alpha value is -2.47. The van der Waals surface area contributed by atoms with Crippen molar-refractivity contribution in [3.8, 4) is 5.75 Å². The van der Waals surface area contributed by atoms with Crippen LogP contribution in [0.1, 0.15) is 5.56 Å². The molecule has 0 unspecified atom stereocenters. The molecule has 8 nitrogen and oxygen atoms in total. The predicted molar refractivity (Wildman–Crippen MR) is 88.3 cm³/mol. The van der Waals surface area contributed by atoms with Gasteiger partial charge in [0.15, 0.2) is 0 Å². The molecule has 26 heavy (non-hydrogen) atoms. The van der Waals surface area contributed by atoms with E-state index in [9.17, 15) is 18.0 Å². The maximum absolute atomic E-state index is 12.9. The summed E-state index contributed by atoms with van der Waals surface area (Å²) >= 11 is 0.987. The molecular weight excluding hydrogens is 375 g/mol. The Kier molecular flexibility index (Phi) is 6.69. The van der Waals surface area contributed by atoms with Crippen molar-refractivity contribution in [1.82, 2.24) is 14.9 Å². The molecule has 0 spiro atoms. The standard InChI is InChI=1S/C14H16F3N5O3S/c1-24-4-5-25-11-3-2-9(14(15,16)17)6-10(11)20-12(23)7-26-13-21-19-8-22(13)18/h2-3,6,8H,4-5,7,18H2,1H3,(H,20,23). The van der Waals surface area contributed by atoms with Gasteiger partial charge in [-0.25, -0.2) is 4.68 Å². The quantitative estimate of drug-likeness (QED) is 0.401. The molecule has 142 valence electrons. The van der Waals surface area contributed by atoms with Gasteiger partial charge in [-0.2, -0.15) is 13.2 Å². The second-order valence-corrected chi connectivity index (χ2v) is 5.85. The number of halogens is 3. The van der Waals surface area contributed by atoms with Crippen molar-refractivity contribution in [2.24, 2.45) is 0 Å². The number of ether oxygens (including phenoxy) is 2. The van der Waals surface area contributed by atoms with Crippen LogP contribution in [0, 0.1) is 0 Å².